The zero-order valence-corrected chi connectivity index (χ0v) is 38.8. The van der Waals surface area contributed by atoms with E-state index in [1.54, 1.807) is 0 Å². The third kappa shape index (κ3) is 7.60. The lowest BCUT2D eigenvalue weighted by Gasteiger charge is -2.28. The Morgan fingerprint density at radius 3 is 1.54 bits per heavy atom. The van der Waals surface area contributed by atoms with Crippen LogP contribution in [-0.4, -0.2) is 4.57 Å². The summed E-state index contributed by atoms with van der Waals surface area (Å²) in [5.74, 6) is 0.813. The Morgan fingerprint density at radius 2 is 0.914 bits per heavy atom. The second-order valence-corrected chi connectivity index (χ2v) is 17.7. The number of nitrogens with zero attached hydrogens (tertiary/aromatic N) is 2. The molecule has 0 spiro atoms. The van der Waals surface area contributed by atoms with Gasteiger partial charge in [-0.2, -0.15) is 0 Å². The number of hydrogen-bond donors (Lipinski definition) is 0. The highest BCUT2D eigenvalue weighted by atomic mass is 16.3. The van der Waals surface area contributed by atoms with Gasteiger partial charge >= 0.3 is 0 Å². The summed E-state index contributed by atoms with van der Waals surface area (Å²) in [4.78, 5) is 2.37. The molecule has 0 radical (unpaired) electrons. The normalized spacial score (nSPS) is 11.5. The fourth-order valence-electron chi connectivity index (χ4n) is 10.2. The summed E-state index contributed by atoms with van der Waals surface area (Å²) < 4.78 is 8.80. The van der Waals surface area contributed by atoms with E-state index in [2.05, 4.69) is 259 Å². The van der Waals surface area contributed by atoms with Crippen LogP contribution in [0.2, 0.25) is 0 Å². The molecule has 3 heteroatoms. The summed E-state index contributed by atoms with van der Waals surface area (Å²) in [6.45, 7) is 6.10. The number of allylic oxidation sites excluding steroid dienone is 1. The summed E-state index contributed by atoms with van der Waals surface area (Å²) in [5.41, 5.74) is 20.1. The maximum Gasteiger partial charge on any atom is 0.136 e. The minimum absolute atomic E-state index is 0.813. The van der Waals surface area contributed by atoms with Crippen molar-refractivity contribution in [1.29, 1.82) is 0 Å². The average molecular weight is 897 g/mol. The molecule has 10 aromatic carbocycles. The Bertz CT molecular complexity index is 3840. The third-order valence-corrected chi connectivity index (χ3v) is 13.5. The summed E-state index contributed by atoms with van der Waals surface area (Å²) in [7, 11) is 0. The van der Waals surface area contributed by atoms with Crippen LogP contribution in [0.5, 0.6) is 0 Å². The predicted molar refractivity (Wildman–Crippen MR) is 297 cm³/mol. The van der Waals surface area contributed by atoms with Gasteiger partial charge in [-0.15, -0.1) is 0 Å². The highest BCUT2D eigenvalue weighted by Gasteiger charge is 2.20. The molecule has 0 aliphatic heterocycles. The summed E-state index contributed by atoms with van der Waals surface area (Å²) >= 11 is 0. The van der Waals surface area contributed by atoms with Crippen LogP contribution < -0.4 is 4.90 Å². The van der Waals surface area contributed by atoms with E-state index in [9.17, 15) is 0 Å². The SMILES string of the molecule is C=Cc1c(/C=C\C)oc2cc(-c3ccccc3N(c3ccc(-c4ccc(-c5cccc(-n6c7ccccc7c7ccccc76)c5)cc4)cc3)c3ccc(-c4ccccc4-c4ccccc4)cc3)ccc12. The van der Waals surface area contributed by atoms with Crippen LogP contribution >= 0.6 is 0 Å². The van der Waals surface area contributed by atoms with Crippen LogP contribution in [0.3, 0.4) is 0 Å². The first-order valence-corrected chi connectivity index (χ1v) is 23.9. The number of para-hydroxylation sites is 3. The Morgan fingerprint density at radius 1 is 0.414 bits per heavy atom. The minimum atomic E-state index is 0.813. The van der Waals surface area contributed by atoms with E-state index in [4.69, 9.17) is 4.42 Å². The number of furan rings is 1. The van der Waals surface area contributed by atoms with Crippen LogP contribution in [0.25, 0.3) is 106 Å². The van der Waals surface area contributed by atoms with Crippen molar-refractivity contribution in [2.45, 2.75) is 6.92 Å². The summed E-state index contributed by atoms with van der Waals surface area (Å²) in [6.07, 6.45) is 5.88. The molecule has 3 nitrogen and oxygen atoms in total. The largest absolute Gasteiger partial charge is 0.456 e. The Balaban J connectivity index is 0.905. The molecule has 12 aromatic rings. The highest BCUT2D eigenvalue weighted by molar-refractivity contribution is 6.09. The molecule has 0 aliphatic rings. The van der Waals surface area contributed by atoms with Gasteiger partial charge in [0.15, 0.2) is 0 Å². The number of fused-ring (bicyclic) bond motifs is 4. The van der Waals surface area contributed by atoms with Crippen LogP contribution in [0.15, 0.2) is 260 Å². The van der Waals surface area contributed by atoms with Gasteiger partial charge in [0.25, 0.3) is 0 Å². The molecule has 0 saturated heterocycles. The smallest absolute Gasteiger partial charge is 0.136 e. The Labute approximate surface area is 408 Å². The Kier molecular flexibility index (Phi) is 10.9. The first kappa shape index (κ1) is 42.2. The number of benzene rings is 10. The van der Waals surface area contributed by atoms with E-state index in [0.717, 1.165) is 72.9 Å². The zero-order valence-electron chi connectivity index (χ0n) is 38.8. The molecular formula is C67H48N2O. The lowest BCUT2D eigenvalue weighted by atomic mass is 9.94. The van der Waals surface area contributed by atoms with E-state index < -0.39 is 0 Å². The molecule has 0 unspecified atom stereocenters. The first-order valence-electron chi connectivity index (χ1n) is 23.9. The van der Waals surface area contributed by atoms with Crippen molar-refractivity contribution in [2.75, 3.05) is 4.90 Å². The van der Waals surface area contributed by atoms with Crippen LogP contribution in [0.4, 0.5) is 17.1 Å². The molecule has 2 heterocycles. The fraction of sp³-hybridized carbons (Fsp3) is 0.0149. The van der Waals surface area contributed by atoms with Crippen molar-refractivity contribution in [3.63, 3.8) is 0 Å². The van der Waals surface area contributed by atoms with Gasteiger partial charge in [0.05, 0.1) is 16.7 Å². The molecule has 0 atom stereocenters. The molecule has 12 rings (SSSR count). The molecule has 70 heavy (non-hydrogen) atoms. The second-order valence-electron chi connectivity index (χ2n) is 17.7. The van der Waals surface area contributed by atoms with Crippen molar-refractivity contribution in [3.8, 4) is 61.3 Å². The lowest BCUT2D eigenvalue weighted by Crippen LogP contribution is -2.11. The van der Waals surface area contributed by atoms with Crippen LogP contribution in [-0.2, 0) is 0 Å². The van der Waals surface area contributed by atoms with Gasteiger partial charge in [0.1, 0.15) is 11.3 Å². The molecule has 0 fully saturated rings. The molecule has 0 N–H and O–H groups in total. The maximum atomic E-state index is 6.42. The minimum Gasteiger partial charge on any atom is -0.456 e. The Hall–Kier alpha value is -9.18. The monoisotopic (exact) mass is 896 g/mol. The zero-order chi connectivity index (χ0) is 47.0. The average Bonchev–Trinajstić information content (AvgIpc) is 3.96. The molecular weight excluding hydrogens is 849 g/mol. The van der Waals surface area contributed by atoms with Crippen molar-refractivity contribution in [1.82, 2.24) is 4.57 Å². The van der Waals surface area contributed by atoms with Crippen LogP contribution in [0.1, 0.15) is 18.2 Å². The number of rotatable bonds is 11. The molecule has 0 bridgehead atoms. The molecule has 0 amide bonds. The van der Waals surface area contributed by atoms with Crippen molar-refractivity contribution >= 4 is 62.0 Å². The molecule has 0 saturated carbocycles. The van der Waals surface area contributed by atoms with Crippen LogP contribution in [0, 0.1) is 0 Å². The summed E-state index contributed by atoms with van der Waals surface area (Å²) in [5, 5.41) is 3.57. The van der Waals surface area contributed by atoms with Crippen molar-refractivity contribution in [2.24, 2.45) is 0 Å². The fourth-order valence-corrected chi connectivity index (χ4v) is 10.2. The van der Waals surface area contributed by atoms with E-state index >= 15 is 0 Å². The molecule has 0 aliphatic carbocycles. The van der Waals surface area contributed by atoms with E-state index in [-0.39, 0.29) is 0 Å². The highest BCUT2D eigenvalue weighted by Crippen LogP contribution is 2.44. The molecule has 332 valence electrons. The van der Waals surface area contributed by atoms with E-state index in [1.807, 2.05) is 25.2 Å². The lowest BCUT2D eigenvalue weighted by molar-refractivity contribution is 0.603. The van der Waals surface area contributed by atoms with Gasteiger partial charge in [-0.25, -0.2) is 0 Å². The van der Waals surface area contributed by atoms with E-state index in [0.29, 0.717) is 0 Å². The topological polar surface area (TPSA) is 21.3 Å². The number of anilines is 3. The summed E-state index contributed by atoms with van der Waals surface area (Å²) in [6, 6.07) is 87.5. The van der Waals surface area contributed by atoms with Crippen molar-refractivity contribution in [3.05, 3.63) is 267 Å². The predicted octanol–water partition coefficient (Wildman–Crippen LogP) is 19.0. The second kappa shape index (κ2) is 18.1. The molecule has 2 aromatic heterocycles. The van der Waals surface area contributed by atoms with Gasteiger partial charge in [0, 0.05) is 44.3 Å². The number of aromatic nitrogens is 1. The van der Waals surface area contributed by atoms with Gasteiger partial charge in [0.2, 0.25) is 0 Å². The first-order chi connectivity index (χ1) is 34.6. The van der Waals surface area contributed by atoms with E-state index in [1.165, 1.54) is 49.6 Å². The standard InChI is InChI=1S/C67H48N2O/c1-3-17-66-56(4-2)62-43-38-52(45-67(62)70-66)59-24-10-13-27-63(59)68(54-41-36-50(37-42-54)58-23-9-8-22-57(58)49-18-6-5-7-19-49)53-39-34-47(35-40-53)46-30-32-48(33-31-46)51-20-16-21-55(44-51)69-64-28-14-11-25-60(64)61-26-12-15-29-65(61)69/h3-45H,2H2,1H3/b17-3-. The quantitative estimate of drug-likeness (QED) is 0.129. The van der Waals surface area contributed by atoms with Crippen molar-refractivity contribution < 1.29 is 4.42 Å². The van der Waals surface area contributed by atoms with Gasteiger partial charge < -0.3 is 13.9 Å². The van der Waals surface area contributed by atoms with Gasteiger partial charge in [-0.1, -0.05) is 195 Å². The maximum absolute atomic E-state index is 6.42. The number of hydrogen-bond acceptors (Lipinski definition) is 2. The van der Waals surface area contributed by atoms with Gasteiger partial charge in [-0.3, -0.25) is 0 Å². The third-order valence-electron chi connectivity index (χ3n) is 13.5. The van der Waals surface area contributed by atoms with Gasteiger partial charge in [-0.05, 0) is 130 Å².